The van der Waals surface area contributed by atoms with Gasteiger partial charge in [-0.2, -0.15) is 0 Å². The smallest absolute Gasteiger partial charge is 0.127 e. The maximum absolute atomic E-state index is 5.89. The number of hydrogen-bond donors (Lipinski definition) is 1. The Balaban J connectivity index is 2.01. The Morgan fingerprint density at radius 2 is 2.20 bits per heavy atom. The summed E-state index contributed by atoms with van der Waals surface area (Å²) >= 11 is 0. The molecule has 5 heteroatoms. The van der Waals surface area contributed by atoms with E-state index in [9.17, 15) is 0 Å². The van der Waals surface area contributed by atoms with Crippen molar-refractivity contribution in [1.29, 1.82) is 0 Å². The Kier molecular flexibility index (Phi) is 5.01. The topological polar surface area (TPSA) is 48.3 Å². The van der Waals surface area contributed by atoms with E-state index in [2.05, 4.69) is 10.3 Å². The Labute approximate surface area is 119 Å². The first-order chi connectivity index (χ1) is 9.74. The molecule has 20 heavy (non-hydrogen) atoms. The van der Waals surface area contributed by atoms with Crippen LogP contribution in [-0.2, 0) is 20.0 Å². The predicted molar refractivity (Wildman–Crippen MR) is 78.2 cm³/mol. The van der Waals surface area contributed by atoms with E-state index in [1.54, 1.807) is 13.3 Å². The molecule has 0 aliphatic carbocycles. The van der Waals surface area contributed by atoms with Crippen molar-refractivity contribution in [3.8, 4) is 11.5 Å². The Bertz CT molecular complexity index is 552. The van der Waals surface area contributed by atoms with Crippen molar-refractivity contribution in [2.24, 2.45) is 7.05 Å². The zero-order valence-corrected chi connectivity index (χ0v) is 12.2. The third-order valence-corrected chi connectivity index (χ3v) is 3.15. The van der Waals surface area contributed by atoms with Crippen LogP contribution in [0.5, 0.6) is 11.5 Å². The summed E-state index contributed by atoms with van der Waals surface area (Å²) in [4.78, 5) is 4.29. The van der Waals surface area contributed by atoms with Crippen molar-refractivity contribution >= 4 is 0 Å². The molecular weight excluding hydrogens is 254 g/mol. The second-order valence-electron chi connectivity index (χ2n) is 4.56. The average molecular weight is 275 g/mol. The monoisotopic (exact) mass is 275 g/mol. The van der Waals surface area contributed by atoms with Gasteiger partial charge in [-0.1, -0.05) is 6.07 Å². The molecule has 0 bridgehead atoms. The first-order valence-corrected chi connectivity index (χ1v) is 6.65. The van der Waals surface area contributed by atoms with Gasteiger partial charge in [0.05, 0.1) is 13.7 Å². The van der Waals surface area contributed by atoms with Gasteiger partial charge in [-0.15, -0.1) is 0 Å². The lowest BCUT2D eigenvalue weighted by Gasteiger charge is -2.13. The van der Waals surface area contributed by atoms with Crippen LogP contribution < -0.4 is 14.8 Å². The van der Waals surface area contributed by atoms with Crippen LogP contribution in [0.25, 0.3) is 0 Å². The largest absolute Gasteiger partial charge is 0.497 e. The Hall–Kier alpha value is -2.01. The number of hydrogen-bond acceptors (Lipinski definition) is 4. The predicted octanol–water partition coefficient (Wildman–Crippen LogP) is 1.77. The minimum absolute atomic E-state index is 0.592. The molecule has 0 saturated carbocycles. The van der Waals surface area contributed by atoms with Gasteiger partial charge in [0.2, 0.25) is 0 Å². The Morgan fingerprint density at radius 3 is 2.85 bits per heavy atom. The lowest BCUT2D eigenvalue weighted by Crippen LogP contribution is -2.10. The third-order valence-electron chi connectivity index (χ3n) is 3.15. The summed E-state index contributed by atoms with van der Waals surface area (Å²) < 4.78 is 13.1. The molecule has 0 radical (unpaired) electrons. The number of aryl methyl sites for hydroxylation is 1. The minimum Gasteiger partial charge on any atom is -0.497 e. The molecule has 2 rings (SSSR count). The number of nitrogens with one attached hydrogen (secondary N) is 1. The molecule has 0 saturated heterocycles. The molecule has 108 valence electrons. The van der Waals surface area contributed by atoms with Crippen molar-refractivity contribution in [3.63, 3.8) is 0 Å². The highest BCUT2D eigenvalue weighted by Crippen LogP contribution is 2.24. The van der Waals surface area contributed by atoms with Crippen LogP contribution in [0.1, 0.15) is 11.4 Å². The summed E-state index contributed by atoms with van der Waals surface area (Å²) in [7, 11) is 5.56. The molecule has 1 aromatic carbocycles. The minimum atomic E-state index is 0.592. The van der Waals surface area contributed by atoms with Gasteiger partial charge in [0.1, 0.15) is 17.3 Å². The fraction of sp³-hybridized carbons (Fsp3) is 0.400. The molecule has 0 atom stereocenters. The SMILES string of the molecule is CNCc1ccc(OC)cc1OCCc1nccn1C. The van der Waals surface area contributed by atoms with Gasteiger partial charge in [0.15, 0.2) is 0 Å². The van der Waals surface area contributed by atoms with Gasteiger partial charge in [0, 0.05) is 44.0 Å². The summed E-state index contributed by atoms with van der Waals surface area (Å²) in [6.07, 6.45) is 4.51. The second kappa shape index (κ2) is 6.96. The van der Waals surface area contributed by atoms with E-state index in [1.807, 2.05) is 43.1 Å². The first-order valence-electron chi connectivity index (χ1n) is 6.65. The highest BCUT2D eigenvalue weighted by Gasteiger charge is 2.06. The fourth-order valence-electron chi connectivity index (χ4n) is 2.02. The number of benzene rings is 1. The van der Waals surface area contributed by atoms with E-state index in [1.165, 1.54) is 0 Å². The molecule has 0 aliphatic heterocycles. The quantitative estimate of drug-likeness (QED) is 0.836. The van der Waals surface area contributed by atoms with Crippen LogP contribution in [0, 0.1) is 0 Å². The van der Waals surface area contributed by atoms with E-state index in [-0.39, 0.29) is 0 Å². The molecular formula is C15H21N3O2. The third kappa shape index (κ3) is 3.51. The van der Waals surface area contributed by atoms with Crippen molar-refractivity contribution in [2.75, 3.05) is 20.8 Å². The fourth-order valence-corrected chi connectivity index (χ4v) is 2.02. The highest BCUT2D eigenvalue weighted by molar-refractivity contribution is 5.40. The summed E-state index contributed by atoms with van der Waals surface area (Å²) in [5.74, 6) is 2.67. The average Bonchev–Trinajstić information content (AvgIpc) is 2.86. The zero-order chi connectivity index (χ0) is 14.4. The van der Waals surface area contributed by atoms with E-state index >= 15 is 0 Å². The maximum Gasteiger partial charge on any atom is 0.127 e. The molecule has 0 aliphatic rings. The van der Waals surface area contributed by atoms with Gasteiger partial charge in [-0.25, -0.2) is 4.98 Å². The van der Waals surface area contributed by atoms with Crippen molar-refractivity contribution in [2.45, 2.75) is 13.0 Å². The molecule has 0 unspecified atom stereocenters. The van der Waals surface area contributed by atoms with Crippen LogP contribution in [0.3, 0.4) is 0 Å². The molecule has 0 spiro atoms. The highest BCUT2D eigenvalue weighted by atomic mass is 16.5. The van der Waals surface area contributed by atoms with Crippen LogP contribution >= 0.6 is 0 Å². The van der Waals surface area contributed by atoms with Crippen LogP contribution in [0.2, 0.25) is 0 Å². The van der Waals surface area contributed by atoms with Crippen molar-refractivity contribution in [1.82, 2.24) is 14.9 Å². The number of aromatic nitrogens is 2. The summed E-state index contributed by atoms with van der Waals surface area (Å²) in [6.45, 7) is 1.36. The summed E-state index contributed by atoms with van der Waals surface area (Å²) in [6, 6.07) is 5.88. The van der Waals surface area contributed by atoms with Gasteiger partial charge in [0.25, 0.3) is 0 Å². The molecule has 5 nitrogen and oxygen atoms in total. The molecule has 0 amide bonds. The lowest BCUT2D eigenvalue weighted by molar-refractivity contribution is 0.311. The van der Waals surface area contributed by atoms with E-state index in [4.69, 9.17) is 9.47 Å². The molecule has 1 N–H and O–H groups in total. The van der Waals surface area contributed by atoms with Gasteiger partial charge >= 0.3 is 0 Å². The van der Waals surface area contributed by atoms with Gasteiger partial charge in [-0.3, -0.25) is 0 Å². The molecule has 0 fully saturated rings. The van der Waals surface area contributed by atoms with E-state index < -0.39 is 0 Å². The number of rotatable bonds is 7. The molecule has 1 aromatic heterocycles. The van der Waals surface area contributed by atoms with Crippen molar-refractivity contribution < 1.29 is 9.47 Å². The number of methoxy groups -OCH3 is 1. The maximum atomic E-state index is 5.89. The van der Waals surface area contributed by atoms with Crippen LogP contribution in [0.4, 0.5) is 0 Å². The second-order valence-corrected chi connectivity index (χ2v) is 4.56. The van der Waals surface area contributed by atoms with Crippen molar-refractivity contribution in [3.05, 3.63) is 42.0 Å². The zero-order valence-electron chi connectivity index (χ0n) is 12.2. The van der Waals surface area contributed by atoms with E-state index in [0.717, 1.165) is 35.9 Å². The van der Waals surface area contributed by atoms with E-state index in [0.29, 0.717) is 6.61 Å². The number of nitrogens with zero attached hydrogens (tertiary/aromatic N) is 2. The molecule has 1 heterocycles. The standard InChI is InChI=1S/C15H21N3O2/c1-16-11-12-4-5-13(19-3)10-14(12)20-9-6-15-17-7-8-18(15)2/h4-5,7-8,10,16H,6,9,11H2,1-3H3. The summed E-state index contributed by atoms with van der Waals surface area (Å²) in [5.41, 5.74) is 1.12. The number of imidazole rings is 1. The Morgan fingerprint density at radius 1 is 1.35 bits per heavy atom. The van der Waals surface area contributed by atoms with Gasteiger partial charge < -0.3 is 19.4 Å². The molecule has 2 aromatic rings. The van der Waals surface area contributed by atoms with Crippen LogP contribution in [0.15, 0.2) is 30.6 Å². The van der Waals surface area contributed by atoms with Gasteiger partial charge in [-0.05, 0) is 13.1 Å². The number of ether oxygens (including phenoxy) is 2. The first kappa shape index (κ1) is 14.4. The lowest BCUT2D eigenvalue weighted by atomic mass is 10.2. The normalized spacial score (nSPS) is 10.6. The summed E-state index contributed by atoms with van der Waals surface area (Å²) in [5, 5.41) is 3.14. The van der Waals surface area contributed by atoms with Crippen LogP contribution in [-0.4, -0.2) is 30.3 Å².